The number of aliphatic hydroxyl groups excluding tert-OH is 1. The van der Waals surface area contributed by atoms with Crippen molar-refractivity contribution in [3.05, 3.63) is 11.6 Å². The number of carbonyl (C=O) groups excluding carboxylic acids is 1. The van der Waals surface area contributed by atoms with Crippen LogP contribution in [-0.4, -0.2) is 52.6 Å². The Morgan fingerprint density at radius 1 is 1.67 bits per heavy atom. The molecule has 1 unspecified atom stereocenters. The van der Waals surface area contributed by atoms with Crippen molar-refractivity contribution < 1.29 is 14.6 Å². The van der Waals surface area contributed by atoms with Gasteiger partial charge in [-0.2, -0.15) is 0 Å². The fourth-order valence-corrected chi connectivity index (χ4v) is 1.72. The first kappa shape index (κ1) is 13.0. The summed E-state index contributed by atoms with van der Waals surface area (Å²) in [5, 5.41) is 18.3. The van der Waals surface area contributed by atoms with Gasteiger partial charge < -0.3 is 15.2 Å². The van der Waals surface area contributed by atoms with E-state index in [4.69, 9.17) is 9.84 Å². The first-order chi connectivity index (χ1) is 8.74. The summed E-state index contributed by atoms with van der Waals surface area (Å²) < 4.78 is 4.97. The van der Waals surface area contributed by atoms with Crippen molar-refractivity contribution in [2.24, 2.45) is 0 Å². The lowest BCUT2D eigenvalue weighted by atomic mass is 10.2. The van der Waals surface area contributed by atoms with Crippen LogP contribution < -0.4 is 5.32 Å². The molecule has 0 aromatic carbocycles. The van der Waals surface area contributed by atoms with E-state index in [0.717, 1.165) is 18.7 Å². The lowest BCUT2D eigenvalue weighted by molar-refractivity contribution is 0.0869. The Hall–Kier alpha value is -1.47. The highest BCUT2D eigenvalue weighted by Gasteiger charge is 2.28. The monoisotopic (exact) mass is 254 g/mol. The maximum atomic E-state index is 11.9. The number of hydrogen-bond acceptors (Lipinski definition) is 5. The molecule has 1 amide bonds. The lowest BCUT2D eigenvalue weighted by Gasteiger charge is -2.15. The van der Waals surface area contributed by atoms with Crippen molar-refractivity contribution in [2.75, 3.05) is 20.3 Å². The van der Waals surface area contributed by atoms with E-state index in [-0.39, 0.29) is 24.4 Å². The molecule has 3 N–H and O–H groups in total. The van der Waals surface area contributed by atoms with Crippen LogP contribution in [0.5, 0.6) is 0 Å². The van der Waals surface area contributed by atoms with E-state index in [1.54, 1.807) is 7.11 Å². The molecule has 0 aliphatic heterocycles. The van der Waals surface area contributed by atoms with Crippen LogP contribution in [0, 0.1) is 0 Å². The quantitative estimate of drug-likeness (QED) is 0.626. The third-order valence-electron chi connectivity index (χ3n) is 2.85. The predicted octanol–water partition coefficient (Wildman–Crippen LogP) is -0.191. The van der Waals surface area contributed by atoms with Gasteiger partial charge in [0.1, 0.15) is 5.82 Å². The first-order valence-electron chi connectivity index (χ1n) is 6.07. The summed E-state index contributed by atoms with van der Waals surface area (Å²) in [6.45, 7) is 0.349. The molecule has 18 heavy (non-hydrogen) atoms. The Bertz CT molecular complexity index is 397. The lowest BCUT2D eigenvalue weighted by Crippen LogP contribution is -2.39. The number of rotatable bonds is 7. The molecule has 1 aromatic rings. The van der Waals surface area contributed by atoms with Gasteiger partial charge in [-0.15, -0.1) is 5.10 Å². The number of hydrogen-bond donors (Lipinski definition) is 3. The molecule has 100 valence electrons. The minimum Gasteiger partial charge on any atom is -0.396 e. The average molecular weight is 254 g/mol. The summed E-state index contributed by atoms with van der Waals surface area (Å²) in [6.07, 6.45) is 2.65. The maximum absolute atomic E-state index is 11.9. The van der Waals surface area contributed by atoms with Gasteiger partial charge in [0.15, 0.2) is 0 Å². The smallest absolute Gasteiger partial charge is 0.291 e. The summed E-state index contributed by atoms with van der Waals surface area (Å²) in [7, 11) is 1.55. The second kappa shape index (κ2) is 5.92. The molecule has 7 heteroatoms. The minimum absolute atomic E-state index is 0.00434. The van der Waals surface area contributed by atoms with Gasteiger partial charge in [-0.05, 0) is 19.3 Å². The molecule has 2 rings (SSSR count). The number of aromatic amines is 1. The van der Waals surface area contributed by atoms with Crippen LogP contribution in [0.1, 0.15) is 41.6 Å². The zero-order chi connectivity index (χ0) is 13.0. The fourth-order valence-electron chi connectivity index (χ4n) is 1.72. The van der Waals surface area contributed by atoms with E-state index in [1.165, 1.54) is 0 Å². The third-order valence-corrected chi connectivity index (χ3v) is 2.85. The molecule has 7 nitrogen and oxygen atoms in total. The van der Waals surface area contributed by atoms with Gasteiger partial charge in [-0.25, -0.2) is 4.98 Å². The van der Waals surface area contributed by atoms with Crippen molar-refractivity contribution >= 4 is 5.91 Å². The van der Waals surface area contributed by atoms with Crippen molar-refractivity contribution in [2.45, 2.75) is 31.2 Å². The molecule has 0 spiro atoms. The molecule has 0 saturated heterocycles. The molecule has 0 radical (unpaired) electrons. The highest BCUT2D eigenvalue weighted by Crippen LogP contribution is 2.37. The summed E-state index contributed by atoms with van der Waals surface area (Å²) in [4.78, 5) is 16.0. The predicted molar refractivity (Wildman–Crippen MR) is 63.2 cm³/mol. The third kappa shape index (κ3) is 3.27. The molecule has 1 saturated carbocycles. The Morgan fingerprint density at radius 3 is 3.06 bits per heavy atom. The molecule has 1 atom stereocenters. The zero-order valence-electron chi connectivity index (χ0n) is 10.3. The number of aromatic nitrogens is 3. The molecule has 1 aliphatic carbocycles. The van der Waals surface area contributed by atoms with E-state index in [9.17, 15) is 4.79 Å². The van der Waals surface area contributed by atoms with Gasteiger partial charge >= 0.3 is 0 Å². The van der Waals surface area contributed by atoms with Crippen LogP contribution in [0.3, 0.4) is 0 Å². The van der Waals surface area contributed by atoms with Crippen molar-refractivity contribution in [1.29, 1.82) is 0 Å². The molecular weight excluding hydrogens is 236 g/mol. The Kier molecular flexibility index (Phi) is 4.27. The second-order valence-corrected chi connectivity index (χ2v) is 4.46. The number of ether oxygens (including phenoxy) is 1. The van der Waals surface area contributed by atoms with Crippen LogP contribution in [-0.2, 0) is 4.74 Å². The number of H-pyrrole nitrogens is 1. The van der Waals surface area contributed by atoms with Crippen molar-refractivity contribution in [3.8, 4) is 0 Å². The van der Waals surface area contributed by atoms with Crippen molar-refractivity contribution in [1.82, 2.24) is 20.5 Å². The van der Waals surface area contributed by atoms with E-state index >= 15 is 0 Å². The summed E-state index contributed by atoms with van der Waals surface area (Å²) in [5.74, 6) is 1.03. The van der Waals surface area contributed by atoms with E-state index < -0.39 is 0 Å². The molecular formula is C11H18N4O3. The van der Waals surface area contributed by atoms with Gasteiger partial charge in [0.05, 0.1) is 12.6 Å². The van der Waals surface area contributed by atoms with Gasteiger partial charge in [-0.3, -0.25) is 9.89 Å². The molecule has 1 aromatic heterocycles. The number of carbonyl (C=O) groups is 1. The van der Waals surface area contributed by atoms with Crippen LogP contribution >= 0.6 is 0 Å². The van der Waals surface area contributed by atoms with Gasteiger partial charge in [0, 0.05) is 19.6 Å². The highest BCUT2D eigenvalue weighted by molar-refractivity contribution is 5.90. The first-order valence-corrected chi connectivity index (χ1v) is 6.07. The normalized spacial score (nSPS) is 16.6. The van der Waals surface area contributed by atoms with E-state index in [1.807, 2.05) is 0 Å². The standard InChI is InChI=1S/C11H18N4O3/c1-18-6-8(4-5-16)12-11(17)10-13-9(14-15-10)7-2-3-7/h7-8,16H,2-6H2,1H3,(H,12,17)(H,13,14,15). The van der Waals surface area contributed by atoms with Gasteiger partial charge in [0.2, 0.25) is 5.82 Å². The number of nitrogens with one attached hydrogen (secondary N) is 2. The minimum atomic E-state index is -0.339. The van der Waals surface area contributed by atoms with E-state index in [0.29, 0.717) is 18.9 Å². The Labute approximate surface area is 105 Å². The van der Waals surface area contributed by atoms with Gasteiger partial charge in [-0.1, -0.05) is 0 Å². The summed E-state index contributed by atoms with van der Waals surface area (Å²) >= 11 is 0. The van der Waals surface area contributed by atoms with Crippen molar-refractivity contribution in [3.63, 3.8) is 0 Å². The van der Waals surface area contributed by atoms with Crippen LogP contribution in [0.25, 0.3) is 0 Å². The highest BCUT2D eigenvalue weighted by atomic mass is 16.5. The maximum Gasteiger partial charge on any atom is 0.291 e. The molecule has 0 bridgehead atoms. The number of amides is 1. The topological polar surface area (TPSA) is 100 Å². The van der Waals surface area contributed by atoms with Crippen LogP contribution in [0.4, 0.5) is 0 Å². The zero-order valence-corrected chi connectivity index (χ0v) is 10.3. The summed E-state index contributed by atoms with van der Waals surface area (Å²) in [5.41, 5.74) is 0. The number of methoxy groups -OCH3 is 1. The number of aliphatic hydroxyl groups is 1. The molecule has 1 fully saturated rings. The van der Waals surface area contributed by atoms with Gasteiger partial charge in [0.25, 0.3) is 5.91 Å². The molecule has 1 aliphatic rings. The second-order valence-electron chi connectivity index (χ2n) is 4.46. The van der Waals surface area contributed by atoms with Crippen LogP contribution in [0.15, 0.2) is 0 Å². The molecule has 1 heterocycles. The summed E-state index contributed by atoms with van der Waals surface area (Å²) in [6, 6.07) is -0.227. The Balaban J connectivity index is 1.91. The number of nitrogens with zero attached hydrogens (tertiary/aromatic N) is 2. The average Bonchev–Trinajstić information content (AvgIpc) is 3.07. The Morgan fingerprint density at radius 2 is 2.44 bits per heavy atom. The van der Waals surface area contributed by atoms with Crippen LogP contribution in [0.2, 0.25) is 0 Å². The fraction of sp³-hybridized carbons (Fsp3) is 0.727. The van der Waals surface area contributed by atoms with E-state index in [2.05, 4.69) is 20.5 Å². The SMILES string of the molecule is COCC(CCO)NC(=O)c1n[nH]c(C2CC2)n1. The largest absolute Gasteiger partial charge is 0.396 e.